The summed E-state index contributed by atoms with van der Waals surface area (Å²) in [6.07, 6.45) is 3.88. The van der Waals surface area contributed by atoms with E-state index in [0.717, 1.165) is 17.5 Å². The fraction of sp³-hybridized carbons (Fsp3) is 0.600. The molecule has 5 heteroatoms. The molecule has 1 aromatic heterocycles. The summed E-state index contributed by atoms with van der Waals surface area (Å²) >= 11 is 7.23. The van der Waals surface area contributed by atoms with Crippen molar-refractivity contribution in [2.75, 3.05) is 11.4 Å². The van der Waals surface area contributed by atoms with Gasteiger partial charge >= 0.3 is 0 Å². The van der Waals surface area contributed by atoms with Crippen molar-refractivity contribution >= 4 is 28.1 Å². The van der Waals surface area contributed by atoms with E-state index in [1.807, 2.05) is 0 Å². The van der Waals surface area contributed by atoms with Crippen LogP contribution in [-0.2, 0) is 0 Å². The zero-order valence-corrected chi connectivity index (χ0v) is 9.68. The molecule has 0 amide bonds. The summed E-state index contributed by atoms with van der Waals surface area (Å²) in [7, 11) is 0. The molecule has 1 aliphatic heterocycles. The van der Waals surface area contributed by atoms with Gasteiger partial charge in [-0.2, -0.15) is 9.64 Å². The lowest BCUT2D eigenvalue weighted by molar-refractivity contribution is 0.555. The summed E-state index contributed by atoms with van der Waals surface area (Å²) in [5.74, 6) is 0.822. The topological polar surface area (TPSA) is 39.9 Å². The molecule has 1 aromatic rings. The standard InChI is InChI=1S/C10H10ClN3S/c11-9-8(4-12)10(15-13-9)14-5-6-1-2-7(14)3-6/h6-7H,1-3,5H2. The van der Waals surface area contributed by atoms with E-state index in [1.54, 1.807) is 0 Å². The molecule has 3 nitrogen and oxygen atoms in total. The maximum Gasteiger partial charge on any atom is 0.162 e. The highest BCUT2D eigenvalue weighted by atomic mass is 35.5. The first-order valence-electron chi connectivity index (χ1n) is 5.11. The Hall–Kier alpha value is -0.790. The second-order valence-electron chi connectivity index (χ2n) is 4.25. The van der Waals surface area contributed by atoms with Crippen LogP contribution in [0.25, 0.3) is 0 Å². The Labute approximate surface area is 97.4 Å². The van der Waals surface area contributed by atoms with E-state index < -0.39 is 0 Å². The van der Waals surface area contributed by atoms with Crippen LogP contribution >= 0.6 is 23.1 Å². The third-order valence-electron chi connectivity index (χ3n) is 3.41. The van der Waals surface area contributed by atoms with Gasteiger partial charge in [0.25, 0.3) is 0 Å². The molecule has 0 spiro atoms. The second kappa shape index (κ2) is 3.36. The zero-order valence-electron chi connectivity index (χ0n) is 8.11. The minimum absolute atomic E-state index is 0.361. The lowest BCUT2D eigenvalue weighted by atomic mass is 10.1. The molecule has 15 heavy (non-hydrogen) atoms. The maximum absolute atomic E-state index is 9.02. The normalized spacial score (nSPS) is 28.4. The number of halogens is 1. The van der Waals surface area contributed by atoms with Gasteiger partial charge in [0.15, 0.2) is 5.15 Å². The summed E-state index contributed by atoms with van der Waals surface area (Å²) in [6.45, 7) is 1.08. The lowest BCUT2D eigenvalue weighted by Crippen LogP contribution is -2.31. The van der Waals surface area contributed by atoms with Crippen molar-refractivity contribution in [1.82, 2.24) is 4.37 Å². The van der Waals surface area contributed by atoms with Crippen LogP contribution in [0.4, 0.5) is 5.00 Å². The zero-order chi connectivity index (χ0) is 10.4. The van der Waals surface area contributed by atoms with E-state index in [0.29, 0.717) is 16.8 Å². The van der Waals surface area contributed by atoms with Gasteiger partial charge in [-0.15, -0.1) is 0 Å². The Bertz CT molecular complexity index is 436. The lowest BCUT2D eigenvalue weighted by Gasteiger charge is -2.27. The van der Waals surface area contributed by atoms with E-state index in [9.17, 15) is 0 Å². The van der Waals surface area contributed by atoms with Gasteiger partial charge in [-0.3, -0.25) is 0 Å². The predicted octanol–water partition coefficient (Wildman–Crippen LogP) is 2.66. The average molecular weight is 240 g/mol. The van der Waals surface area contributed by atoms with Gasteiger partial charge < -0.3 is 4.90 Å². The molecule has 0 radical (unpaired) electrons. The van der Waals surface area contributed by atoms with Gasteiger partial charge in [0.1, 0.15) is 16.6 Å². The van der Waals surface area contributed by atoms with Crippen molar-refractivity contribution in [3.63, 3.8) is 0 Å². The van der Waals surface area contributed by atoms with Crippen LogP contribution in [-0.4, -0.2) is 17.0 Å². The molecule has 3 rings (SSSR count). The van der Waals surface area contributed by atoms with Crippen molar-refractivity contribution in [3.8, 4) is 6.07 Å². The predicted molar refractivity (Wildman–Crippen MR) is 60.3 cm³/mol. The summed E-state index contributed by atoms with van der Waals surface area (Å²) in [5, 5.41) is 10.4. The van der Waals surface area contributed by atoms with Gasteiger partial charge in [-0.1, -0.05) is 11.6 Å². The van der Waals surface area contributed by atoms with E-state index in [2.05, 4.69) is 15.3 Å². The molecule has 2 aliphatic rings. The number of fused-ring (bicyclic) bond motifs is 2. The average Bonchev–Trinajstić information content (AvgIpc) is 2.90. The first-order chi connectivity index (χ1) is 7.29. The number of hydrogen-bond donors (Lipinski definition) is 0. The molecule has 2 unspecified atom stereocenters. The number of nitrogens with zero attached hydrogens (tertiary/aromatic N) is 3. The van der Waals surface area contributed by atoms with Crippen LogP contribution in [0.3, 0.4) is 0 Å². The second-order valence-corrected chi connectivity index (χ2v) is 5.36. The van der Waals surface area contributed by atoms with E-state index >= 15 is 0 Å². The molecule has 2 heterocycles. The van der Waals surface area contributed by atoms with Gasteiger partial charge in [0.2, 0.25) is 0 Å². The smallest absolute Gasteiger partial charge is 0.162 e. The van der Waals surface area contributed by atoms with Gasteiger partial charge in [0.05, 0.1) is 0 Å². The summed E-state index contributed by atoms with van der Waals surface area (Å²) < 4.78 is 4.06. The molecule has 2 atom stereocenters. The summed E-state index contributed by atoms with van der Waals surface area (Å²) in [6, 6.07) is 2.78. The van der Waals surface area contributed by atoms with E-state index in [-0.39, 0.29) is 0 Å². The molecule has 2 fully saturated rings. The minimum atomic E-state index is 0.361. The van der Waals surface area contributed by atoms with Gasteiger partial charge in [-0.05, 0) is 36.7 Å². The summed E-state index contributed by atoms with van der Waals surface area (Å²) in [4.78, 5) is 2.33. The highest BCUT2D eigenvalue weighted by Gasteiger charge is 2.39. The van der Waals surface area contributed by atoms with Crippen LogP contribution in [0.15, 0.2) is 0 Å². The molecular weight excluding hydrogens is 230 g/mol. The van der Waals surface area contributed by atoms with Crippen LogP contribution in [0.5, 0.6) is 0 Å². The number of aromatic nitrogens is 1. The number of nitriles is 1. The Morgan fingerprint density at radius 1 is 1.53 bits per heavy atom. The van der Waals surface area contributed by atoms with Crippen molar-refractivity contribution in [2.45, 2.75) is 25.3 Å². The van der Waals surface area contributed by atoms with Crippen molar-refractivity contribution in [2.24, 2.45) is 5.92 Å². The van der Waals surface area contributed by atoms with Gasteiger partial charge in [-0.25, -0.2) is 0 Å². The quantitative estimate of drug-likeness (QED) is 0.757. The number of hydrogen-bond acceptors (Lipinski definition) is 4. The Kier molecular flexibility index (Phi) is 2.11. The Balaban J connectivity index is 1.97. The summed E-state index contributed by atoms with van der Waals surface area (Å²) in [5.41, 5.74) is 0.564. The molecule has 1 aliphatic carbocycles. The minimum Gasteiger partial charge on any atom is -0.358 e. The van der Waals surface area contributed by atoms with E-state index in [1.165, 1.54) is 30.8 Å². The van der Waals surface area contributed by atoms with Crippen LogP contribution in [0.1, 0.15) is 24.8 Å². The number of rotatable bonds is 1. The van der Waals surface area contributed by atoms with Crippen LogP contribution in [0, 0.1) is 17.2 Å². The number of anilines is 1. The number of piperidine rings is 1. The molecule has 0 N–H and O–H groups in total. The van der Waals surface area contributed by atoms with Crippen molar-refractivity contribution < 1.29 is 0 Å². The largest absolute Gasteiger partial charge is 0.358 e. The fourth-order valence-corrected chi connectivity index (χ4v) is 3.84. The molecule has 2 bridgehead atoms. The monoisotopic (exact) mass is 239 g/mol. The maximum atomic E-state index is 9.02. The first kappa shape index (κ1) is 9.44. The highest BCUT2D eigenvalue weighted by molar-refractivity contribution is 7.10. The Morgan fingerprint density at radius 3 is 3.00 bits per heavy atom. The fourth-order valence-electron chi connectivity index (χ4n) is 2.73. The highest BCUT2D eigenvalue weighted by Crippen LogP contribution is 2.43. The van der Waals surface area contributed by atoms with Gasteiger partial charge in [0, 0.05) is 12.6 Å². The van der Waals surface area contributed by atoms with Crippen LogP contribution in [0.2, 0.25) is 5.15 Å². The van der Waals surface area contributed by atoms with Crippen molar-refractivity contribution in [1.29, 1.82) is 5.26 Å². The third-order valence-corrected chi connectivity index (χ3v) is 4.67. The van der Waals surface area contributed by atoms with Crippen LogP contribution < -0.4 is 4.90 Å². The van der Waals surface area contributed by atoms with E-state index in [4.69, 9.17) is 16.9 Å². The molecule has 0 aromatic carbocycles. The Morgan fingerprint density at radius 2 is 2.40 bits per heavy atom. The third kappa shape index (κ3) is 1.34. The first-order valence-corrected chi connectivity index (χ1v) is 6.26. The molecular formula is C10H10ClN3S. The molecule has 78 valence electrons. The van der Waals surface area contributed by atoms with Crippen molar-refractivity contribution in [3.05, 3.63) is 10.7 Å². The molecule has 1 saturated heterocycles. The molecule has 1 saturated carbocycles. The SMILES string of the molecule is N#Cc1c(Cl)nsc1N1CC2CCC1C2.